The number of benzene rings is 1. The van der Waals surface area contributed by atoms with Gasteiger partial charge in [0.25, 0.3) is 0 Å². The molecule has 94 valence electrons. The summed E-state index contributed by atoms with van der Waals surface area (Å²) in [6.07, 6.45) is 2.14. The molecule has 2 aromatic rings. The minimum Gasteiger partial charge on any atom is -0.507 e. The summed E-state index contributed by atoms with van der Waals surface area (Å²) in [6, 6.07) is 6.92. The molecule has 1 aliphatic heterocycles. The van der Waals surface area contributed by atoms with Crippen LogP contribution in [0, 0.1) is 0 Å². The number of fused-ring (bicyclic) bond motifs is 1. The molecule has 1 aromatic carbocycles. The number of aromatic hydroxyl groups is 1. The Kier molecular flexibility index (Phi) is 2.80. The van der Waals surface area contributed by atoms with Gasteiger partial charge < -0.3 is 15.4 Å². The van der Waals surface area contributed by atoms with Gasteiger partial charge in [0.1, 0.15) is 5.75 Å². The molecule has 0 aliphatic carbocycles. The Labute approximate surface area is 105 Å². The molecule has 1 aliphatic rings. The number of rotatable bonds is 1. The Morgan fingerprint density at radius 2 is 1.94 bits per heavy atom. The quantitative estimate of drug-likeness (QED) is 0.715. The van der Waals surface area contributed by atoms with Crippen LogP contribution < -0.4 is 10.9 Å². The van der Waals surface area contributed by atoms with Gasteiger partial charge in [-0.15, -0.1) is 0 Å². The van der Waals surface area contributed by atoms with Crippen molar-refractivity contribution >= 4 is 10.9 Å². The predicted octanol–water partition coefficient (Wildman–Crippen LogP) is 1.70. The Hall–Kier alpha value is -1.81. The van der Waals surface area contributed by atoms with Crippen LogP contribution in [-0.4, -0.2) is 23.2 Å². The number of phenolic OH excluding ortho intramolecular Hbond substituents is 1. The summed E-state index contributed by atoms with van der Waals surface area (Å²) >= 11 is 0. The molecule has 4 nitrogen and oxygen atoms in total. The van der Waals surface area contributed by atoms with E-state index in [9.17, 15) is 9.90 Å². The van der Waals surface area contributed by atoms with E-state index in [0.717, 1.165) is 37.0 Å². The first kappa shape index (κ1) is 11.3. The number of hydrogen-bond donors (Lipinski definition) is 3. The average molecular weight is 244 g/mol. The normalized spacial score (nSPS) is 17.1. The first-order valence-corrected chi connectivity index (χ1v) is 6.31. The maximum atomic E-state index is 11.3. The van der Waals surface area contributed by atoms with Gasteiger partial charge in [0.2, 0.25) is 5.56 Å². The van der Waals surface area contributed by atoms with Crippen LogP contribution in [0.1, 0.15) is 24.3 Å². The fourth-order valence-electron chi connectivity index (χ4n) is 2.66. The van der Waals surface area contributed by atoms with E-state index in [2.05, 4.69) is 10.3 Å². The van der Waals surface area contributed by atoms with Crippen molar-refractivity contribution in [1.82, 2.24) is 10.3 Å². The van der Waals surface area contributed by atoms with Crippen LogP contribution in [0.4, 0.5) is 0 Å². The van der Waals surface area contributed by atoms with Crippen LogP contribution in [0.3, 0.4) is 0 Å². The monoisotopic (exact) mass is 244 g/mol. The minimum absolute atomic E-state index is 0.135. The molecule has 0 bridgehead atoms. The minimum atomic E-state index is -0.135. The van der Waals surface area contributed by atoms with Crippen molar-refractivity contribution in [3.63, 3.8) is 0 Å². The summed E-state index contributed by atoms with van der Waals surface area (Å²) in [4.78, 5) is 14.1. The second-order valence-electron chi connectivity index (χ2n) is 4.85. The molecule has 0 spiro atoms. The van der Waals surface area contributed by atoms with Crippen molar-refractivity contribution in [2.75, 3.05) is 13.1 Å². The van der Waals surface area contributed by atoms with E-state index in [1.807, 2.05) is 12.1 Å². The van der Waals surface area contributed by atoms with Gasteiger partial charge >= 0.3 is 0 Å². The number of phenols is 1. The Balaban J connectivity index is 2.10. The molecule has 4 heteroatoms. The van der Waals surface area contributed by atoms with Crippen molar-refractivity contribution in [2.24, 2.45) is 0 Å². The van der Waals surface area contributed by atoms with Crippen LogP contribution in [0.15, 0.2) is 29.1 Å². The number of H-pyrrole nitrogens is 1. The van der Waals surface area contributed by atoms with Gasteiger partial charge in [-0.2, -0.15) is 0 Å². The van der Waals surface area contributed by atoms with Crippen LogP contribution in [0.5, 0.6) is 5.75 Å². The average Bonchev–Trinajstić information content (AvgIpc) is 2.39. The molecular weight excluding hydrogens is 228 g/mol. The lowest BCUT2D eigenvalue weighted by molar-refractivity contribution is 0.453. The molecule has 3 rings (SSSR count). The fraction of sp³-hybridized carbons (Fsp3) is 0.357. The van der Waals surface area contributed by atoms with Gasteiger partial charge in [-0.05, 0) is 55.6 Å². The smallest absolute Gasteiger partial charge is 0.248 e. The highest BCUT2D eigenvalue weighted by Crippen LogP contribution is 2.32. The number of hydrogen-bond acceptors (Lipinski definition) is 3. The zero-order valence-corrected chi connectivity index (χ0v) is 10.1. The molecule has 1 aromatic heterocycles. The first-order chi connectivity index (χ1) is 8.74. The highest BCUT2D eigenvalue weighted by atomic mass is 16.3. The Morgan fingerprint density at radius 3 is 2.72 bits per heavy atom. The molecule has 0 radical (unpaired) electrons. The topological polar surface area (TPSA) is 65.1 Å². The van der Waals surface area contributed by atoms with E-state index in [1.54, 1.807) is 6.07 Å². The molecule has 3 N–H and O–H groups in total. The molecule has 0 unspecified atom stereocenters. The highest BCUT2D eigenvalue weighted by Gasteiger charge is 2.16. The zero-order valence-electron chi connectivity index (χ0n) is 10.1. The van der Waals surface area contributed by atoms with E-state index in [1.165, 1.54) is 6.07 Å². The van der Waals surface area contributed by atoms with Gasteiger partial charge in [-0.3, -0.25) is 4.79 Å². The second-order valence-corrected chi connectivity index (χ2v) is 4.85. The van der Waals surface area contributed by atoms with Gasteiger partial charge in [0, 0.05) is 11.5 Å². The lowest BCUT2D eigenvalue weighted by Crippen LogP contribution is -2.26. The number of pyridine rings is 1. The summed E-state index contributed by atoms with van der Waals surface area (Å²) < 4.78 is 0. The van der Waals surface area contributed by atoms with Gasteiger partial charge in [-0.1, -0.05) is 0 Å². The molecule has 18 heavy (non-hydrogen) atoms. The van der Waals surface area contributed by atoms with Crippen molar-refractivity contribution in [3.05, 3.63) is 40.2 Å². The van der Waals surface area contributed by atoms with E-state index in [4.69, 9.17) is 0 Å². The molecule has 0 saturated carbocycles. The van der Waals surface area contributed by atoms with Crippen molar-refractivity contribution < 1.29 is 5.11 Å². The van der Waals surface area contributed by atoms with Crippen LogP contribution >= 0.6 is 0 Å². The fourth-order valence-corrected chi connectivity index (χ4v) is 2.66. The summed E-state index contributed by atoms with van der Waals surface area (Å²) in [7, 11) is 0. The third-order valence-electron chi connectivity index (χ3n) is 3.65. The summed E-state index contributed by atoms with van der Waals surface area (Å²) in [5, 5.41) is 14.1. The summed E-state index contributed by atoms with van der Waals surface area (Å²) in [5.41, 5.74) is 1.70. The first-order valence-electron chi connectivity index (χ1n) is 6.31. The van der Waals surface area contributed by atoms with E-state index in [0.29, 0.717) is 11.3 Å². The number of piperidine rings is 1. The molecule has 1 saturated heterocycles. The van der Waals surface area contributed by atoms with Crippen LogP contribution in [-0.2, 0) is 0 Å². The maximum Gasteiger partial charge on any atom is 0.248 e. The number of nitrogens with one attached hydrogen (secondary N) is 2. The van der Waals surface area contributed by atoms with E-state index < -0.39 is 0 Å². The van der Waals surface area contributed by atoms with Gasteiger partial charge in [0.15, 0.2) is 0 Å². The van der Waals surface area contributed by atoms with Crippen molar-refractivity contribution in [3.8, 4) is 5.75 Å². The van der Waals surface area contributed by atoms with E-state index in [-0.39, 0.29) is 11.3 Å². The van der Waals surface area contributed by atoms with Crippen molar-refractivity contribution in [1.29, 1.82) is 0 Å². The Bertz CT molecular complexity index is 627. The SMILES string of the molecule is O=c1ccc2c(O)cc(C3CCNCC3)cc2[nH]1. The summed E-state index contributed by atoms with van der Waals surface area (Å²) in [6.45, 7) is 2.02. The molecule has 1 fully saturated rings. The Morgan fingerprint density at radius 1 is 1.17 bits per heavy atom. The standard InChI is InChI=1S/C14H16N2O2/c17-13-8-10(9-3-5-15-6-4-9)7-12-11(13)1-2-14(18)16-12/h1-2,7-9,15,17H,3-6H2,(H,16,18). The third-order valence-corrected chi connectivity index (χ3v) is 3.65. The zero-order chi connectivity index (χ0) is 12.5. The molecule has 0 amide bonds. The molecular formula is C14H16N2O2. The molecule has 0 atom stereocenters. The van der Waals surface area contributed by atoms with Crippen LogP contribution in [0.25, 0.3) is 10.9 Å². The lowest BCUT2D eigenvalue weighted by Gasteiger charge is -2.23. The predicted molar refractivity (Wildman–Crippen MR) is 71.1 cm³/mol. The largest absolute Gasteiger partial charge is 0.507 e. The lowest BCUT2D eigenvalue weighted by atomic mass is 9.89. The maximum absolute atomic E-state index is 11.3. The summed E-state index contributed by atoms with van der Waals surface area (Å²) in [5.74, 6) is 0.711. The molecule has 2 heterocycles. The third kappa shape index (κ3) is 1.99. The number of aromatic nitrogens is 1. The highest BCUT2D eigenvalue weighted by molar-refractivity contribution is 5.85. The van der Waals surface area contributed by atoms with Crippen molar-refractivity contribution in [2.45, 2.75) is 18.8 Å². The van der Waals surface area contributed by atoms with Gasteiger partial charge in [-0.25, -0.2) is 0 Å². The second kappa shape index (κ2) is 4.46. The van der Waals surface area contributed by atoms with E-state index >= 15 is 0 Å². The van der Waals surface area contributed by atoms with Gasteiger partial charge in [0.05, 0.1) is 5.52 Å². The van der Waals surface area contributed by atoms with Crippen LogP contribution in [0.2, 0.25) is 0 Å². The number of aromatic amines is 1.